The summed E-state index contributed by atoms with van der Waals surface area (Å²) in [6, 6.07) is 9.24. The van der Waals surface area contributed by atoms with Gasteiger partial charge in [-0.25, -0.2) is 4.68 Å². The highest BCUT2D eigenvalue weighted by atomic mass is 16.5. The van der Waals surface area contributed by atoms with E-state index >= 15 is 0 Å². The van der Waals surface area contributed by atoms with Crippen molar-refractivity contribution in [1.29, 1.82) is 0 Å². The molecule has 6 heteroatoms. The van der Waals surface area contributed by atoms with E-state index in [-0.39, 0.29) is 11.5 Å². The topological polar surface area (TPSA) is 73.2 Å². The zero-order chi connectivity index (χ0) is 14.5. The van der Waals surface area contributed by atoms with Gasteiger partial charge in [0.15, 0.2) is 0 Å². The van der Waals surface area contributed by atoms with Crippen molar-refractivity contribution in [2.24, 2.45) is 0 Å². The highest BCUT2D eigenvalue weighted by Crippen LogP contribution is 2.23. The summed E-state index contributed by atoms with van der Waals surface area (Å²) in [5.41, 5.74) is 0.228. The maximum absolute atomic E-state index is 12.2. The van der Waals surface area contributed by atoms with Crippen molar-refractivity contribution in [3.8, 4) is 5.75 Å². The lowest BCUT2D eigenvalue weighted by molar-refractivity contribution is -0.119. The summed E-state index contributed by atoms with van der Waals surface area (Å²) in [6.07, 6.45) is 1.47. The molecule has 1 atom stereocenters. The van der Waals surface area contributed by atoms with Gasteiger partial charge in [-0.3, -0.25) is 9.59 Å². The minimum absolute atomic E-state index is 0.324. The van der Waals surface area contributed by atoms with Gasteiger partial charge in [-0.1, -0.05) is 12.1 Å². The summed E-state index contributed by atoms with van der Waals surface area (Å²) in [4.78, 5) is 23.8. The molecule has 1 N–H and O–H groups in total. The number of nitrogens with one attached hydrogen (secondary N) is 1. The lowest BCUT2D eigenvalue weighted by atomic mass is 10.2. The molecule has 1 unspecified atom stereocenters. The number of anilines is 1. The van der Waals surface area contributed by atoms with E-state index < -0.39 is 6.04 Å². The summed E-state index contributed by atoms with van der Waals surface area (Å²) in [5, 5.41) is 6.62. The molecule has 1 amide bonds. The standard InChI is InChI=1S/C14H15N3O3/c1-10(17-13(18)8-5-9-15-17)14(19)16-11-6-3-4-7-12(11)20-2/h3-10H,1-2H3,(H,16,19). The van der Waals surface area contributed by atoms with Gasteiger partial charge in [-0.15, -0.1) is 0 Å². The highest BCUT2D eigenvalue weighted by molar-refractivity contribution is 5.94. The molecule has 0 radical (unpaired) electrons. The van der Waals surface area contributed by atoms with Crippen LogP contribution in [-0.4, -0.2) is 22.8 Å². The number of hydrogen-bond acceptors (Lipinski definition) is 4. The number of benzene rings is 1. The average Bonchev–Trinajstić information content (AvgIpc) is 2.47. The molecule has 6 nitrogen and oxygen atoms in total. The van der Waals surface area contributed by atoms with E-state index in [1.54, 1.807) is 31.2 Å². The number of hydrogen-bond donors (Lipinski definition) is 1. The summed E-state index contributed by atoms with van der Waals surface area (Å²) in [5.74, 6) is 0.219. The van der Waals surface area contributed by atoms with Gasteiger partial charge in [0.2, 0.25) is 5.91 Å². The third-order valence-corrected chi connectivity index (χ3v) is 2.85. The Labute approximate surface area is 116 Å². The van der Waals surface area contributed by atoms with Crippen molar-refractivity contribution >= 4 is 11.6 Å². The number of rotatable bonds is 4. The maximum Gasteiger partial charge on any atom is 0.267 e. The first-order valence-corrected chi connectivity index (χ1v) is 6.11. The molecule has 1 heterocycles. The van der Waals surface area contributed by atoms with Crippen LogP contribution in [0.15, 0.2) is 47.4 Å². The first-order valence-electron chi connectivity index (χ1n) is 6.11. The number of carbonyl (C=O) groups is 1. The average molecular weight is 273 g/mol. The molecule has 0 aliphatic rings. The number of carbonyl (C=O) groups excluding carboxylic acids is 1. The number of para-hydroxylation sites is 2. The largest absolute Gasteiger partial charge is 0.495 e. The molecule has 0 bridgehead atoms. The van der Waals surface area contributed by atoms with Gasteiger partial charge in [0.25, 0.3) is 5.56 Å². The molecule has 0 saturated carbocycles. The summed E-state index contributed by atoms with van der Waals surface area (Å²) in [7, 11) is 1.53. The Hall–Kier alpha value is -2.63. The van der Waals surface area contributed by atoms with Crippen LogP contribution in [0.4, 0.5) is 5.69 Å². The summed E-state index contributed by atoms with van der Waals surface area (Å²) < 4.78 is 6.29. The van der Waals surface area contributed by atoms with Crippen molar-refractivity contribution in [2.45, 2.75) is 13.0 Å². The van der Waals surface area contributed by atoms with Crippen LogP contribution >= 0.6 is 0 Å². The minimum atomic E-state index is -0.714. The number of nitrogens with zero attached hydrogens (tertiary/aromatic N) is 2. The zero-order valence-corrected chi connectivity index (χ0v) is 11.2. The fourth-order valence-electron chi connectivity index (χ4n) is 1.76. The molecule has 1 aromatic heterocycles. The number of methoxy groups -OCH3 is 1. The second-order valence-corrected chi connectivity index (χ2v) is 4.17. The van der Waals surface area contributed by atoms with Gasteiger partial charge < -0.3 is 10.1 Å². The molecule has 0 saturated heterocycles. The van der Waals surface area contributed by atoms with Crippen molar-refractivity contribution in [2.75, 3.05) is 12.4 Å². The Kier molecular flexibility index (Phi) is 4.14. The smallest absolute Gasteiger partial charge is 0.267 e. The quantitative estimate of drug-likeness (QED) is 0.915. The molecular formula is C14H15N3O3. The van der Waals surface area contributed by atoms with Crippen molar-refractivity contribution in [3.63, 3.8) is 0 Å². The first-order chi connectivity index (χ1) is 9.63. The van der Waals surface area contributed by atoms with E-state index in [1.165, 1.54) is 25.4 Å². The first kappa shape index (κ1) is 13.8. The van der Waals surface area contributed by atoms with E-state index in [9.17, 15) is 9.59 Å². The Morgan fingerprint density at radius 3 is 2.75 bits per heavy atom. The molecule has 0 fully saturated rings. The number of ether oxygens (including phenoxy) is 1. The van der Waals surface area contributed by atoms with Gasteiger partial charge in [-0.2, -0.15) is 5.10 Å². The van der Waals surface area contributed by atoms with Gasteiger partial charge in [-0.05, 0) is 25.1 Å². The molecule has 1 aromatic carbocycles. The van der Waals surface area contributed by atoms with E-state index in [0.717, 1.165) is 4.68 Å². The molecule has 2 aromatic rings. The van der Waals surface area contributed by atoms with Crippen LogP contribution in [0.1, 0.15) is 13.0 Å². The summed E-state index contributed by atoms with van der Waals surface area (Å²) in [6.45, 7) is 1.61. The zero-order valence-electron chi connectivity index (χ0n) is 11.2. The predicted molar refractivity (Wildman–Crippen MR) is 74.8 cm³/mol. The Morgan fingerprint density at radius 1 is 1.30 bits per heavy atom. The SMILES string of the molecule is COc1ccccc1NC(=O)C(C)n1ncccc1=O. The van der Waals surface area contributed by atoms with Crippen LogP contribution in [0.3, 0.4) is 0 Å². The minimum Gasteiger partial charge on any atom is -0.495 e. The van der Waals surface area contributed by atoms with Crippen molar-refractivity contribution in [3.05, 3.63) is 52.9 Å². The second kappa shape index (κ2) is 6.01. The normalized spacial score (nSPS) is 11.7. The highest BCUT2D eigenvalue weighted by Gasteiger charge is 2.18. The van der Waals surface area contributed by atoms with E-state index in [4.69, 9.17) is 4.74 Å². The van der Waals surface area contributed by atoms with Gasteiger partial charge in [0.05, 0.1) is 12.8 Å². The van der Waals surface area contributed by atoms with Gasteiger partial charge >= 0.3 is 0 Å². The van der Waals surface area contributed by atoms with Crippen molar-refractivity contribution < 1.29 is 9.53 Å². The van der Waals surface area contributed by atoms with E-state index in [0.29, 0.717) is 11.4 Å². The molecule has 0 spiro atoms. The molecular weight excluding hydrogens is 258 g/mol. The number of aromatic nitrogens is 2. The maximum atomic E-state index is 12.2. The van der Waals surface area contributed by atoms with Crippen LogP contribution in [0.2, 0.25) is 0 Å². The molecule has 0 aliphatic carbocycles. The monoisotopic (exact) mass is 273 g/mol. The molecule has 20 heavy (non-hydrogen) atoms. The Balaban J connectivity index is 2.20. The Morgan fingerprint density at radius 2 is 2.05 bits per heavy atom. The molecule has 2 rings (SSSR count). The number of amides is 1. The lowest BCUT2D eigenvalue weighted by Crippen LogP contribution is -2.32. The third-order valence-electron chi connectivity index (χ3n) is 2.85. The molecule has 0 aliphatic heterocycles. The lowest BCUT2D eigenvalue weighted by Gasteiger charge is -2.15. The fraction of sp³-hybridized carbons (Fsp3) is 0.214. The van der Waals surface area contributed by atoms with Crippen molar-refractivity contribution in [1.82, 2.24) is 9.78 Å². The summed E-state index contributed by atoms with van der Waals surface area (Å²) >= 11 is 0. The van der Waals surface area contributed by atoms with Crippen LogP contribution < -0.4 is 15.6 Å². The van der Waals surface area contributed by atoms with Gasteiger partial charge in [0, 0.05) is 12.3 Å². The van der Waals surface area contributed by atoms with E-state index in [2.05, 4.69) is 10.4 Å². The Bertz CT molecular complexity index is 666. The third kappa shape index (κ3) is 2.85. The second-order valence-electron chi connectivity index (χ2n) is 4.17. The van der Waals surface area contributed by atoms with Crippen LogP contribution in [0, 0.1) is 0 Å². The van der Waals surface area contributed by atoms with Crippen LogP contribution in [-0.2, 0) is 4.79 Å². The van der Waals surface area contributed by atoms with Crippen LogP contribution in [0.25, 0.3) is 0 Å². The van der Waals surface area contributed by atoms with Crippen LogP contribution in [0.5, 0.6) is 5.75 Å². The van der Waals surface area contributed by atoms with Gasteiger partial charge in [0.1, 0.15) is 11.8 Å². The molecule has 104 valence electrons. The van der Waals surface area contributed by atoms with E-state index in [1.807, 2.05) is 0 Å². The predicted octanol–water partition coefficient (Wildman–Crippen LogP) is 1.45. The fourth-order valence-corrected chi connectivity index (χ4v) is 1.76.